The minimum atomic E-state index is -0.633. The first-order valence-electron chi connectivity index (χ1n) is 9.68. The highest BCUT2D eigenvalue weighted by molar-refractivity contribution is 5.94. The molecule has 0 atom stereocenters. The van der Waals surface area contributed by atoms with Crippen LogP contribution in [0.4, 0.5) is 0 Å². The fourth-order valence-electron chi connectivity index (χ4n) is 3.61. The average molecular weight is 401 g/mol. The molecule has 8 heteroatoms. The van der Waals surface area contributed by atoms with Crippen molar-refractivity contribution in [2.75, 3.05) is 26.8 Å². The minimum Gasteiger partial charge on any atom is -0.489 e. The predicted octanol–water partition coefficient (Wildman–Crippen LogP) is 2.31. The van der Waals surface area contributed by atoms with E-state index in [2.05, 4.69) is 5.16 Å². The third kappa shape index (κ3) is 4.59. The van der Waals surface area contributed by atoms with Gasteiger partial charge < -0.3 is 24.6 Å². The Labute approximate surface area is 169 Å². The molecule has 0 bridgehead atoms. The van der Waals surface area contributed by atoms with Gasteiger partial charge in [0.1, 0.15) is 18.1 Å². The van der Waals surface area contributed by atoms with Crippen molar-refractivity contribution in [2.45, 2.75) is 32.8 Å². The van der Waals surface area contributed by atoms with Crippen LogP contribution in [0.1, 0.15) is 41.1 Å². The first-order chi connectivity index (χ1) is 14.0. The van der Waals surface area contributed by atoms with Gasteiger partial charge in [-0.25, -0.2) is 0 Å². The number of carbonyl (C=O) groups is 2. The highest BCUT2D eigenvalue weighted by Gasteiger charge is 2.41. The summed E-state index contributed by atoms with van der Waals surface area (Å²) in [6, 6.07) is 9.35. The van der Waals surface area contributed by atoms with Gasteiger partial charge in [0.15, 0.2) is 5.69 Å². The number of nitrogens with two attached hydrogens (primary N) is 1. The molecule has 1 saturated heterocycles. The Morgan fingerprint density at radius 3 is 2.55 bits per heavy atom. The summed E-state index contributed by atoms with van der Waals surface area (Å²) >= 11 is 0. The van der Waals surface area contributed by atoms with Crippen molar-refractivity contribution in [3.63, 3.8) is 0 Å². The van der Waals surface area contributed by atoms with Crippen LogP contribution in [0, 0.1) is 12.3 Å². The molecule has 1 aliphatic heterocycles. The molecule has 2 N–H and O–H groups in total. The van der Waals surface area contributed by atoms with Gasteiger partial charge in [0, 0.05) is 26.8 Å². The molecule has 1 aliphatic rings. The second kappa shape index (κ2) is 9.09. The molecule has 1 aromatic carbocycles. The molecule has 1 aromatic heterocycles. The lowest BCUT2D eigenvalue weighted by Gasteiger charge is -2.39. The van der Waals surface area contributed by atoms with E-state index >= 15 is 0 Å². The number of primary amides is 1. The number of para-hydroxylation sites is 1. The maximum Gasteiger partial charge on any atom is 0.276 e. The number of benzene rings is 1. The van der Waals surface area contributed by atoms with Crippen molar-refractivity contribution in [1.82, 2.24) is 10.1 Å². The average Bonchev–Trinajstić information content (AvgIpc) is 3.11. The summed E-state index contributed by atoms with van der Waals surface area (Å²) in [5.41, 5.74) is 5.90. The molecule has 1 fully saturated rings. The molecule has 2 heterocycles. The zero-order chi connectivity index (χ0) is 20.9. The molecule has 3 rings (SSSR count). The molecule has 29 heavy (non-hydrogen) atoms. The second-order valence-corrected chi connectivity index (χ2v) is 7.35. The van der Waals surface area contributed by atoms with E-state index in [9.17, 15) is 9.59 Å². The van der Waals surface area contributed by atoms with E-state index in [4.69, 9.17) is 19.7 Å². The lowest BCUT2D eigenvalue weighted by atomic mass is 9.75. The van der Waals surface area contributed by atoms with Gasteiger partial charge in [-0.3, -0.25) is 9.59 Å². The number of carbonyl (C=O) groups excluding carboxylic acids is 2. The molecule has 0 spiro atoms. The van der Waals surface area contributed by atoms with E-state index in [-0.39, 0.29) is 24.1 Å². The molecule has 0 radical (unpaired) electrons. The minimum absolute atomic E-state index is 0.188. The number of amides is 2. The summed E-state index contributed by atoms with van der Waals surface area (Å²) < 4.78 is 16.2. The molecular formula is C21H27N3O5. The van der Waals surface area contributed by atoms with Crippen molar-refractivity contribution in [2.24, 2.45) is 11.1 Å². The molecule has 156 valence electrons. The number of likely N-dealkylation sites (tertiary alicyclic amines) is 1. The first-order valence-corrected chi connectivity index (χ1v) is 9.68. The Kier molecular flexibility index (Phi) is 6.53. The SMILES string of the molecule is COCCC1(C(N)=O)CCN(C(=O)c2noc(C)c2COc2ccccc2)CC1. The fourth-order valence-corrected chi connectivity index (χ4v) is 3.61. The molecule has 8 nitrogen and oxygen atoms in total. The molecule has 0 aliphatic carbocycles. The van der Waals surface area contributed by atoms with Gasteiger partial charge in [0.05, 0.1) is 11.0 Å². The lowest BCUT2D eigenvalue weighted by Crippen LogP contribution is -2.49. The number of nitrogens with zero attached hydrogens (tertiary/aromatic N) is 2. The van der Waals surface area contributed by atoms with Crippen LogP contribution in [-0.4, -0.2) is 48.7 Å². The maximum absolute atomic E-state index is 13.0. The van der Waals surface area contributed by atoms with E-state index in [0.717, 1.165) is 0 Å². The van der Waals surface area contributed by atoms with Gasteiger partial charge in [0.2, 0.25) is 5.91 Å². The Hall–Kier alpha value is -2.87. The summed E-state index contributed by atoms with van der Waals surface area (Å²) in [6.45, 7) is 3.26. The largest absolute Gasteiger partial charge is 0.489 e. The van der Waals surface area contributed by atoms with Gasteiger partial charge in [-0.1, -0.05) is 23.4 Å². The van der Waals surface area contributed by atoms with Gasteiger partial charge >= 0.3 is 0 Å². The van der Waals surface area contributed by atoms with Crippen LogP contribution < -0.4 is 10.5 Å². The Morgan fingerprint density at radius 1 is 1.24 bits per heavy atom. The number of piperidine rings is 1. The zero-order valence-electron chi connectivity index (χ0n) is 16.8. The second-order valence-electron chi connectivity index (χ2n) is 7.35. The predicted molar refractivity (Wildman–Crippen MR) is 105 cm³/mol. The summed E-state index contributed by atoms with van der Waals surface area (Å²) in [6.07, 6.45) is 1.56. The van der Waals surface area contributed by atoms with Gasteiger partial charge in [-0.2, -0.15) is 0 Å². The number of methoxy groups -OCH3 is 1. The van der Waals surface area contributed by atoms with Gasteiger partial charge in [-0.15, -0.1) is 0 Å². The smallest absolute Gasteiger partial charge is 0.276 e. The molecule has 0 unspecified atom stereocenters. The number of rotatable bonds is 8. The third-order valence-electron chi connectivity index (χ3n) is 5.63. The topological polar surface area (TPSA) is 108 Å². The van der Waals surface area contributed by atoms with Crippen molar-refractivity contribution in [1.29, 1.82) is 0 Å². The summed E-state index contributed by atoms with van der Waals surface area (Å²) in [7, 11) is 1.60. The van der Waals surface area contributed by atoms with E-state index in [1.165, 1.54) is 0 Å². The van der Waals surface area contributed by atoms with E-state index < -0.39 is 5.41 Å². The number of hydrogen-bond donors (Lipinski definition) is 1. The Morgan fingerprint density at radius 2 is 1.93 bits per heavy atom. The van der Waals surface area contributed by atoms with Crippen LogP contribution in [0.3, 0.4) is 0 Å². The van der Waals surface area contributed by atoms with E-state index in [1.54, 1.807) is 18.9 Å². The molecule has 2 amide bonds. The Balaban J connectivity index is 1.68. The lowest BCUT2D eigenvalue weighted by molar-refractivity contribution is -0.131. The third-order valence-corrected chi connectivity index (χ3v) is 5.63. The normalized spacial score (nSPS) is 15.9. The first kappa shape index (κ1) is 20.9. The quantitative estimate of drug-likeness (QED) is 0.727. The highest BCUT2D eigenvalue weighted by Crippen LogP contribution is 2.35. The van der Waals surface area contributed by atoms with Crippen LogP contribution in [0.25, 0.3) is 0 Å². The molecular weight excluding hydrogens is 374 g/mol. The number of ether oxygens (including phenoxy) is 2. The maximum atomic E-state index is 13.0. The van der Waals surface area contributed by atoms with Crippen molar-refractivity contribution in [3.05, 3.63) is 47.3 Å². The van der Waals surface area contributed by atoms with Crippen molar-refractivity contribution >= 4 is 11.8 Å². The van der Waals surface area contributed by atoms with Crippen LogP contribution in [0.15, 0.2) is 34.9 Å². The van der Waals surface area contributed by atoms with E-state index in [0.29, 0.717) is 56.0 Å². The number of hydrogen-bond acceptors (Lipinski definition) is 6. The monoisotopic (exact) mass is 401 g/mol. The number of aryl methyl sites for hydroxylation is 1. The van der Waals surface area contributed by atoms with Crippen molar-refractivity contribution in [3.8, 4) is 5.75 Å². The van der Waals surface area contributed by atoms with Crippen LogP contribution in [-0.2, 0) is 16.1 Å². The van der Waals surface area contributed by atoms with Crippen LogP contribution in [0.5, 0.6) is 5.75 Å². The fraction of sp³-hybridized carbons (Fsp3) is 0.476. The van der Waals surface area contributed by atoms with Crippen LogP contribution in [0.2, 0.25) is 0 Å². The van der Waals surface area contributed by atoms with Gasteiger partial charge in [0.25, 0.3) is 5.91 Å². The van der Waals surface area contributed by atoms with Crippen LogP contribution >= 0.6 is 0 Å². The van der Waals surface area contributed by atoms with E-state index in [1.807, 2.05) is 30.3 Å². The van der Waals surface area contributed by atoms with Crippen molar-refractivity contribution < 1.29 is 23.6 Å². The molecule has 2 aromatic rings. The number of aromatic nitrogens is 1. The van der Waals surface area contributed by atoms with Gasteiger partial charge in [-0.05, 0) is 38.3 Å². The Bertz CT molecular complexity index is 841. The molecule has 0 saturated carbocycles. The highest BCUT2D eigenvalue weighted by atomic mass is 16.5. The summed E-state index contributed by atoms with van der Waals surface area (Å²) in [4.78, 5) is 26.8. The zero-order valence-corrected chi connectivity index (χ0v) is 16.8. The summed E-state index contributed by atoms with van der Waals surface area (Å²) in [5, 5.41) is 3.97. The summed E-state index contributed by atoms with van der Waals surface area (Å²) in [5.74, 6) is 0.691. The standard InChI is InChI=1S/C21H27N3O5/c1-15-17(14-28-16-6-4-3-5-7-16)18(23-29-15)19(25)24-11-8-21(9-12-24,20(22)26)10-13-27-2/h3-7H,8-14H2,1-2H3,(H2,22,26).